The van der Waals surface area contributed by atoms with Crippen LogP contribution in [-0.2, 0) is 21.0 Å². The van der Waals surface area contributed by atoms with Gasteiger partial charge in [-0.3, -0.25) is 15.1 Å². The van der Waals surface area contributed by atoms with E-state index in [4.69, 9.17) is 14.3 Å². The van der Waals surface area contributed by atoms with Crippen LogP contribution >= 0.6 is 0 Å². The molecular formula is C25H29NO4. The topological polar surface area (TPSA) is 56.8 Å². The molecule has 0 saturated heterocycles. The minimum atomic E-state index is -0.235. The number of carbonyl (C=O) groups excluding carboxylic acids is 1. The maximum atomic E-state index is 12.6. The van der Waals surface area contributed by atoms with Gasteiger partial charge in [0.25, 0.3) is 0 Å². The van der Waals surface area contributed by atoms with Crippen molar-refractivity contribution >= 4 is 5.97 Å². The van der Waals surface area contributed by atoms with Gasteiger partial charge in [0.2, 0.25) is 0 Å². The van der Waals surface area contributed by atoms with Crippen LogP contribution in [0.15, 0.2) is 66.4 Å². The highest BCUT2D eigenvalue weighted by Crippen LogP contribution is 2.58. The number of carbonyl (C=O) groups is 1. The van der Waals surface area contributed by atoms with E-state index in [1.54, 1.807) is 0 Å². The molecule has 1 atom stereocenters. The molecule has 2 fully saturated rings. The summed E-state index contributed by atoms with van der Waals surface area (Å²) in [5.74, 6) is 1.72. The van der Waals surface area contributed by atoms with Crippen LogP contribution in [0.1, 0.15) is 38.7 Å². The Bertz CT molecular complexity index is 902. The molecule has 0 heterocycles. The Morgan fingerprint density at radius 2 is 1.87 bits per heavy atom. The van der Waals surface area contributed by atoms with E-state index in [0.29, 0.717) is 5.92 Å². The van der Waals surface area contributed by atoms with E-state index < -0.39 is 0 Å². The van der Waals surface area contributed by atoms with Crippen LogP contribution in [0.25, 0.3) is 0 Å². The van der Waals surface area contributed by atoms with E-state index in [0.717, 1.165) is 29.2 Å². The van der Waals surface area contributed by atoms with Crippen LogP contribution in [0.4, 0.5) is 0 Å². The third-order valence-electron chi connectivity index (χ3n) is 6.03. The summed E-state index contributed by atoms with van der Waals surface area (Å²) in [5, 5.41) is 0. The molecule has 2 aliphatic rings. The summed E-state index contributed by atoms with van der Waals surface area (Å²) in [5.41, 5.74) is 4.61. The number of benzene rings is 2. The minimum absolute atomic E-state index is 0.206. The normalized spacial score (nSPS) is 21.0. The first-order chi connectivity index (χ1) is 14.5. The van der Waals surface area contributed by atoms with E-state index in [1.165, 1.54) is 19.3 Å². The second-order valence-electron chi connectivity index (χ2n) is 8.65. The van der Waals surface area contributed by atoms with Crippen molar-refractivity contribution in [2.75, 3.05) is 6.61 Å². The van der Waals surface area contributed by atoms with Gasteiger partial charge in [0.05, 0.1) is 12.5 Å². The lowest BCUT2D eigenvalue weighted by molar-refractivity contribution is -0.147. The van der Waals surface area contributed by atoms with Crippen molar-refractivity contribution in [3.63, 3.8) is 0 Å². The molecule has 158 valence electrons. The molecule has 4 rings (SSSR count). The van der Waals surface area contributed by atoms with Crippen molar-refractivity contribution in [3.05, 3.63) is 71.9 Å². The van der Waals surface area contributed by atoms with E-state index in [9.17, 15) is 4.79 Å². The van der Waals surface area contributed by atoms with E-state index in [-0.39, 0.29) is 23.9 Å². The largest absolute Gasteiger partial charge is 0.460 e. The quantitative estimate of drug-likeness (QED) is 0.343. The van der Waals surface area contributed by atoms with Gasteiger partial charge in [0, 0.05) is 11.6 Å². The van der Waals surface area contributed by atoms with Gasteiger partial charge >= 0.3 is 5.97 Å². The molecule has 0 spiro atoms. The summed E-state index contributed by atoms with van der Waals surface area (Å²) < 4.78 is 11.4. The zero-order valence-corrected chi connectivity index (χ0v) is 17.6. The Labute approximate surface area is 178 Å². The molecule has 0 aliphatic heterocycles. The van der Waals surface area contributed by atoms with Gasteiger partial charge in [-0.1, -0.05) is 50.6 Å². The van der Waals surface area contributed by atoms with Crippen LogP contribution in [-0.4, -0.2) is 12.6 Å². The lowest BCUT2D eigenvalue weighted by Gasteiger charge is -2.24. The highest BCUT2D eigenvalue weighted by atomic mass is 16.6. The van der Waals surface area contributed by atoms with Crippen LogP contribution in [0, 0.1) is 17.3 Å². The average Bonchev–Trinajstić information content (AvgIpc) is 3.26. The van der Waals surface area contributed by atoms with E-state index in [1.807, 2.05) is 74.6 Å². The lowest BCUT2D eigenvalue weighted by atomic mass is 9.86. The number of para-hydroxylation sites is 1. The Balaban J connectivity index is 1.27. The first kappa shape index (κ1) is 20.5. The van der Waals surface area contributed by atoms with Crippen LogP contribution in [0.3, 0.4) is 0 Å². The van der Waals surface area contributed by atoms with Gasteiger partial charge in [0.1, 0.15) is 18.1 Å². The summed E-state index contributed by atoms with van der Waals surface area (Å²) in [4.78, 5) is 18.1. The van der Waals surface area contributed by atoms with E-state index >= 15 is 0 Å². The van der Waals surface area contributed by atoms with Crippen LogP contribution in [0.2, 0.25) is 0 Å². The molecule has 30 heavy (non-hydrogen) atoms. The molecule has 0 aromatic heterocycles. The number of hydroxylamine groups is 1. The molecule has 2 aromatic carbocycles. The second-order valence-corrected chi connectivity index (χ2v) is 8.65. The number of esters is 1. The SMILES string of the molecule is CC1(C)C(=CNOCC2CCC2)[C@H]1C(=O)OCc1cccc(Oc2ccccc2)c1. The predicted octanol–water partition coefficient (Wildman–Crippen LogP) is 5.38. The number of hydrogen-bond donors (Lipinski definition) is 1. The maximum Gasteiger partial charge on any atom is 0.314 e. The van der Waals surface area contributed by atoms with Crippen molar-refractivity contribution in [2.24, 2.45) is 17.3 Å². The molecule has 0 bridgehead atoms. The fourth-order valence-electron chi connectivity index (χ4n) is 3.76. The molecule has 2 aromatic rings. The van der Waals surface area contributed by atoms with Crippen molar-refractivity contribution in [1.29, 1.82) is 0 Å². The zero-order chi connectivity index (χ0) is 21.0. The second kappa shape index (κ2) is 8.92. The summed E-state index contributed by atoms with van der Waals surface area (Å²) in [6, 6.07) is 17.2. The standard InChI is InChI=1S/C25H29NO4/c1-25(2)22(15-26-29-17-18-8-6-9-18)23(25)24(27)28-16-19-10-7-13-21(14-19)30-20-11-4-3-5-12-20/h3-5,7,10-15,18,23,26H,6,8-9,16-17H2,1-2H3/t23-/m0/s1. The third kappa shape index (κ3) is 4.85. The number of ether oxygens (including phenoxy) is 2. The van der Waals surface area contributed by atoms with Gasteiger partial charge < -0.3 is 9.47 Å². The van der Waals surface area contributed by atoms with Crippen LogP contribution in [0.5, 0.6) is 11.5 Å². The highest BCUT2D eigenvalue weighted by molar-refractivity contribution is 5.83. The molecule has 5 nitrogen and oxygen atoms in total. The summed E-state index contributed by atoms with van der Waals surface area (Å²) >= 11 is 0. The molecule has 2 saturated carbocycles. The smallest absolute Gasteiger partial charge is 0.314 e. The number of nitrogens with one attached hydrogen (secondary N) is 1. The van der Waals surface area contributed by atoms with Crippen molar-refractivity contribution < 1.29 is 19.1 Å². The van der Waals surface area contributed by atoms with Gasteiger partial charge in [-0.15, -0.1) is 0 Å². The van der Waals surface area contributed by atoms with Crippen molar-refractivity contribution in [3.8, 4) is 11.5 Å². The summed E-state index contributed by atoms with van der Waals surface area (Å²) in [6.07, 6.45) is 5.61. The minimum Gasteiger partial charge on any atom is -0.460 e. The maximum absolute atomic E-state index is 12.6. The van der Waals surface area contributed by atoms with E-state index in [2.05, 4.69) is 5.48 Å². The third-order valence-corrected chi connectivity index (χ3v) is 6.03. The van der Waals surface area contributed by atoms with Crippen molar-refractivity contribution in [2.45, 2.75) is 39.7 Å². The van der Waals surface area contributed by atoms with Gasteiger partial charge in [-0.05, 0) is 54.2 Å². The zero-order valence-electron chi connectivity index (χ0n) is 17.6. The number of rotatable bonds is 9. The first-order valence-electron chi connectivity index (χ1n) is 10.6. The highest BCUT2D eigenvalue weighted by Gasteiger charge is 2.58. The van der Waals surface area contributed by atoms with Gasteiger partial charge in [-0.2, -0.15) is 0 Å². The Morgan fingerprint density at radius 3 is 2.60 bits per heavy atom. The Morgan fingerprint density at radius 1 is 1.10 bits per heavy atom. The van der Waals surface area contributed by atoms with Gasteiger partial charge in [-0.25, -0.2) is 0 Å². The molecular weight excluding hydrogens is 378 g/mol. The summed E-state index contributed by atoms with van der Waals surface area (Å²) in [6.45, 7) is 5.04. The van der Waals surface area contributed by atoms with Crippen molar-refractivity contribution in [1.82, 2.24) is 5.48 Å². The number of hydrogen-bond acceptors (Lipinski definition) is 5. The molecule has 2 aliphatic carbocycles. The first-order valence-corrected chi connectivity index (χ1v) is 10.6. The molecule has 0 unspecified atom stereocenters. The fraction of sp³-hybridized carbons (Fsp3) is 0.400. The fourth-order valence-corrected chi connectivity index (χ4v) is 3.76. The van der Waals surface area contributed by atoms with Gasteiger partial charge in [0.15, 0.2) is 0 Å². The average molecular weight is 408 g/mol. The molecule has 5 heteroatoms. The molecule has 0 radical (unpaired) electrons. The molecule has 1 N–H and O–H groups in total. The Hall–Kier alpha value is -2.79. The Kier molecular flexibility index (Phi) is 6.09. The summed E-state index contributed by atoms with van der Waals surface area (Å²) in [7, 11) is 0. The van der Waals surface area contributed by atoms with Crippen LogP contribution < -0.4 is 10.2 Å². The predicted molar refractivity (Wildman–Crippen MR) is 115 cm³/mol. The molecule has 0 amide bonds. The lowest BCUT2D eigenvalue weighted by Crippen LogP contribution is -2.21. The monoisotopic (exact) mass is 407 g/mol.